The van der Waals surface area contributed by atoms with Crippen molar-refractivity contribution in [3.05, 3.63) is 47.3 Å². The Morgan fingerprint density at radius 3 is 2.57 bits per heavy atom. The molecule has 0 fully saturated rings. The van der Waals surface area contributed by atoms with Gasteiger partial charge in [0.15, 0.2) is 0 Å². The number of benzene rings is 1. The number of hydrogen-bond acceptors (Lipinski definition) is 4. The summed E-state index contributed by atoms with van der Waals surface area (Å²) in [7, 11) is 1.69. The monoisotopic (exact) mass is 311 g/mol. The summed E-state index contributed by atoms with van der Waals surface area (Å²) in [5, 5.41) is 18.2. The lowest BCUT2D eigenvalue weighted by Gasteiger charge is -2.07. The fraction of sp³-hybridized carbons (Fsp3) is 0.250. The topological polar surface area (TPSA) is 99.8 Å². The molecule has 23 heavy (non-hydrogen) atoms. The Bertz CT molecular complexity index is 756. The number of nitriles is 1. The lowest BCUT2D eigenvalue weighted by Crippen LogP contribution is -2.29. The van der Waals surface area contributed by atoms with Crippen molar-refractivity contribution in [2.75, 3.05) is 11.9 Å². The molecule has 0 spiro atoms. The molecule has 0 saturated heterocycles. The molecule has 118 valence electrons. The van der Waals surface area contributed by atoms with Crippen molar-refractivity contribution < 1.29 is 9.59 Å². The van der Waals surface area contributed by atoms with Crippen LogP contribution in [-0.4, -0.2) is 28.1 Å². The van der Waals surface area contributed by atoms with Gasteiger partial charge >= 0.3 is 0 Å². The number of nitrogens with zero attached hydrogens (tertiary/aromatic N) is 3. The molecule has 0 aliphatic heterocycles. The van der Waals surface area contributed by atoms with Crippen LogP contribution in [0.1, 0.15) is 28.2 Å². The van der Waals surface area contributed by atoms with Crippen molar-refractivity contribution in [2.45, 2.75) is 13.3 Å². The van der Waals surface area contributed by atoms with E-state index in [4.69, 9.17) is 5.26 Å². The number of aryl methyl sites for hydroxylation is 2. The number of nitrogens with one attached hydrogen (secondary N) is 2. The van der Waals surface area contributed by atoms with Crippen molar-refractivity contribution >= 4 is 17.5 Å². The number of anilines is 1. The minimum absolute atomic E-state index is 0.155. The summed E-state index contributed by atoms with van der Waals surface area (Å²) < 4.78 is 1.50. The summed E-state index contributed by atoms with van der Waals surface area (Å²) in [6.45, 7) is 2.03. The second-order valence-electron chi connectivity index (χ2n) is 5.04. The van der Waals surface area contributed by atoms with E-state index in [-0.39, 0.29) is 24.8 Å². The van der Waals surface area contributed by atoms with Crippen LogP contribution in [0.25, 0.3) is 0 Å². The van der Waals surface area contributed by atoms with E-state index in [1.165, 1.54) is 4.68 Å². The van der Waals surface area contributed by atoms with E-state index >= 15 is 0 Å². The zero-order valence-electron chi connectivity index (χ0n) is 13.0. The number of carbonyl (C=O) groups excluding carboxylic acids is 2. The maximum absolute atomic E-state index is 12.0. The first-order valence-electron chi connectivity index (χ1n) is 7.08. The van der Waals surface area contributed by atoms with Crippen LogP contribution in [0.5, 0.6) is 0 Å². The first-order chi connectivity index (χ1) is 11.0. The molecule has 7 heteroatoms. The molecule has 1 heterocycles. The zero-order chi connectivity index (χ0) is 16.8. The highest BCUT2D eigenvalue weighted by molar-refractivity contribution is 5.94. The molecule has 1 aromatic carbocycles. The lowest BCUT2D eigenvalue weighted by atomic mass is 10.2. The zero-order valence-corrected chi connectivity index (χ0v) is 13.0. The van der Waals surface area contributed by atoms with Crippen LogP contribution in [0, 0.1) is 18.3 Å². The fourth-order valence-electron chi connectivity index (χ4n) is 2.05. The summed E-state index contributed by atoms with van der Waals surface area (Å²) in [5.74, 6) is -0.476. The lowest BCUT2D eigenvalue weighted by molar-refractivity contribution is -0.116. The fourth-order valence-corrected chi connectivity index (χ4v) is 2.05. The minimum atomic E-state index is -0.265. The van der Waals surface area contributed by atoms with E-state index < -0.39 is 0 Å². The molecule has 0 aliphatic carbocycles. The molecular formula is C16H17N5O2. The molecular weight excluding hydrogens is 294 g/mol. The number of carbonyl (C=O) groups is 2. The normalized spacial score (nSPS) is 9.96. The Balaban J connectivity index is 1.79. The van der Waals surface area contributed by atoms with Gasteiger partial charge in [-0.2, -0.15) is 10.4 Å². The number of rotatable bonds is 5. The predicted octanol–water partition coefficient (Wildman–Crippen LogP) is 1.36. The largest absolute Gasteiger partial charge is 0.350 e. The van der Waals surface area contributed by atoms with Gasteiger partial charge in [-0.3, -0.25) is 14.3 Å². The maximum atomic E-state index is 12.0. The third-order valence-electron chi connectivity index (χ3n) is 3.17. The van der Waals surface area contributed by atoms with Gasteiger partial charge in [-0.25, -0.2) is 0 Å². The summed E-state index contributed by atoms with van der Waals surface area (Å²) >= 11 is 0. The molecule has 0 radical (unpaired) electrons. The molecule has 2 aromatic rings. The summed E-state index contributed by atoms with van der Waals surface area (Å²) in [5.41, 5.74) is 2.36. The van der Waals surface area contributed by atoms with E-state index in [9.17, 15) is 9.59 Å². The smallest absolute Gasteiger partial charge is 0.269 e. The van der Waals surface area contributed by atoms with Gasteiger partial charge in [0.25, 0.3) is 5.91 Å². The quantitative estimate of drug-likeness (QED) is 0.870. The molecule has 0 bridgehead atoms. The van der Waals surface area contributed by atoms with Crippen LogP contribution >= 0.6 is 0 Å². The van der Waals surface area contributed by atoms with Crippen molar-refractivity contribution in [1.29, 1.82) is 5.26 Å². The second kappa shape index (κ2) is 7.22. The van der Waals surface area contributed by atoms with Gasteiger partial charge < -0.3 is 10.6 Å². The Morgan fingerprint density at radius 2 is 2.00 bits per heavy atom. The minimum Gasteiger partial charge on any atom is -0.350 e. The summed E-state index contributed by atoms with van der Waals surface area (Å²) in [6, 6.07) is 10.3. The van der Waals surface area contributed by atoms with Gasteiger partial charge in [0.1, 0.15) is 5.69 Å². The molecule has 2 rings (SSSR count). The van der Waals surface area contributed by atoms with Gasteiger partial charge in [0.05, 0.1) is 17.3 Å². The third-order valence-corrected chi connectivity index (χ3v) is 3.17. The highest BCUT2D eigenvalue weighted by Gasteiger charge is 2.11. The third kappa shape index (κ3) is 4.41. The Labute approximate surface area is 133 Å². The van der Waals surface area contributed by atoms with Gasteiger partial charge in [0, 0.05) is 25.7 Å². The molecule has 0 saturated carbocycles. The van der Waals surface area contributed by atoms with Crippen molar-refractivity contribution in [3.63, 3.8) is 0 Å². The average Bonchev–Trinajstić information content (AvgIpc) is 2.86. The number of aromatic nitrogens is 2. The van der Waals surface area contributed by atoms with E-state index in [1.807, 2.05) is 13.0 Å². The van der Waals surface area contributed by atoms with Gasteiger partial charge in [-0.15, -0.1) is 0 Å². The molecule has 0 unspecified atom stereocenters. The Morgan fingerprint density at radius 1 is 1.30 bits per heavy atom. The van der Waals surface area contributed by atoms with Crippen LogP contribution in [0.15, 0.2) is 30.3 Å². The first-order valence-corrected chi connectivity index (χ1v) is 7.08. The highest BCUT2D eigenvalue weighted by Crippen LogP contribution is 2.09. The Hall–Kier alpha value is -3.14. The van der Waals surface area contributed by atoms with Crippen molar-refractivity contribution in [3.8, 4) is 6.07 Å². The average molecular weight is 311 g/mol. The molecule has 2 N–H and O–H groups in total. The van der Waals surface area contributed by atoms with Crippen LogP contribution in [0.4, 0.5) is 5.69 Å². The van der Waals surface area contributed by atoms with Crippen molar-refractivity contribution in [2.24, 2.45) is 7.05 Å². The van der Waals surface area contributed by atoms with E-state index in [0.29, 0.717) is 16.9 Å². The van der Waals surface area contributed by atoms with Crippen LogP contribution in [-0.2, 0) is 11.8 Å². The van der Waals surface area contributed by atoms with Gasteiger partial charge in [0.2, 0.25) is 5.91 Å². The molecule has 7 nitrogen and oxygen atoms in total. The SMILES string of the molecule is Cc1cc(C(=O)NCCC(=O)Nc2ccc(C#N)cc2)n(C)n1. The van der Waals surface area contributed by atoms with Crippen molar-refractivity contribution in [1.82, 2.24) is 15.1 Å². The standard InChI is InChI=1S/C16H17N5O2/c1-11-9-14(21(2)20-11)16(23)18-8-7-15(22)19-13-5-3-12(10-17)4-6-13/h3-6,9H,7-8H2,1-2H3,(H,18,23)(H,19,22). The summed E-state index contributed by atoms with van der Waals surface area (Å²) in [4.78, 5) is 23.8. The molecule has 1 aromatic heterocycles. The van der Waals surface area contributed by atoms with Gasteiger partial charge in [-0.1, -0.05) is 0 Å². The van der Waals surface area contributed by atoms with Gasteiger partial charge in [-0.05, 0) is 37.3 Å². The van der Waals surface area contributed by atoms with E-state index in [1.54, 1.807) is 37.4 Å². The molecule has 0 atom stereocenters. The molecule has 2 amide bonds. The summed E-state index contributed by atoms with van der Waals surface area (Å²) in [6.07, 6.45) is 0.155. The van der Waals surface area contributed by atoms with Crippen LogP contribution < -0.4 is 10.6 Å². The van der Waals surface area contributed by atoms with Crippen LogP contribution in [0.3, 0.4) is 0 Å². The first kappa shape index (κ1) is 16.2. The maximum Gasteiger partial charge on any atom is 0.269 e. The predicted molar refractivity (Wildman–Crippen MR) is 84.7 cm³/mol. The Kier molecular flexibility index (Phi) is 5.10. The number of amides is 2. The second-order valence-corrected chi connectivity index (χ2v) is 5.04. The van der Waals surface area contributed by atoms with E-state index in [0.717, 1.165) is 5.69 Å². The highest BCUT2D eigenvalue weighted by atomic mass is 16.2. The van der Waals surface area contributed by atoms with E-state index in [2.05, 4.69) is 15.7 Å². The number of hydrogen-bond donors (Lipinski definition) is 2. The molecule has 0 aliphatic rings. The van der Waals surface area contributed by atoms with Crippen LogP contribution in [0.2, 0.25) is 0 Å².